The molecule has 2 aromatic carbocycles. The highest BCUT2D eigenvalue weighted by molar-refractivity contribution is 5.49. The normalized spacial score (nSPS) is 10.8. The van der Waals surface area contributed by atoms with Gasteiger partial charge >= 0.3 is 6.61 Å². The molecule has 0 saturated heterocycles. The molecular formula is C15H13F4NO. The van der Waals surface area contributed by atoms with Gasteiger partial charge in [0, 0.05) is 6.54 Å². The van der Waals surface area contributed by atoms with E-state index in [4.69, 9.17) is 0 Å². The monoisotopic (exact) mass is 299 g/mol. The van der Waals surface area contributed by atoms with E-state index in [0.29, 0.717) is 11.1 Å². The second-order valence-electron chi connectivity index (χ2n) is 4.43. The van der Waals surface area contributed by atoms with Crippen molar-refractivity contribution in [1.82, 2.24) is 0 Å². The third kappa shape index (κ3) is 3.87. The van der Waals surface area contributed by atoms with Crippen LogP contribution in [0.25, 0.3) is 0 Å². The number of hydrogen-bond donors (Lipinski definition) is 1. The Labute approximate surface area is 119 Å². The van der Waals surface area contributed by atoms with Gasteiger partial charge in [-0.05, 0) is 36.2 Å². The van der Waals surface area contributed by atoms with E-state index in [1.54, 1.807) is 0 Å². The average molecular weight is 299 g/mol. The van der Waals surface area contributed by atoms with Crippen LogP contribution < -0.4 is 10.1 Å². The van der Waals surface area contributed by atoms with Gasteiger partial charge in [-0.25, -0.2) is 8.78 Å². The van der Waals surface area contributed by atoms with Crippen LogP contribution in [0.3, 0.4) is 0 Å². The molecule has 0 saturated carbocycles. The fraction of sp³-hybridized carbons (Fsp3) is 0.200. The molecule has 0 bridgehead atoms. The summed E-state index contributed by atoms with van der Waals surface area (Å²) < 4.78 is 55.5. The number of rotatable bonds is 5. The molecule has 2 aromatic rings. The minimum atomic E-state index is -2.88. The Morgan fingerprint density at radius 1 is 1.05 bits per heavy atom. The van der Waals surface area contributed by atoms with Crippen molar-refractivity contribution in [3.63, 3.8) is 0 Å². The van der Waals surface area contributed by atoms with E-state index in [9.17, 15) is 17.6 Å². The maximum atomic E-state index is 13.8. The lowest BCUT2D eigenvalue weighted by atomic mass is 10.1. The average Bonchev–Trinajstić information content (AvgIpc) is 2.44. The first kappa shape index (κ1) is 15.2. The van der Waals surface area contributed by atoms with Crippen LogP contribution in [0.4, 0.5) is 23.2 Å². The summed E-state index contributed by atoms with van der Waals surface area (Å²) in [5.41, 5.74) is 0.805. The van der Waals surface area contributed by atoms with Gasteiger partial charge in [0.1, 0.15) is 17.3 Å². The van der Waals surface area contributed by atoms with Crippen LogP contribution in [0.15, 0.2) is 36.4 Å². The summed E-state index contributed by atoms with van der Waals surface area (Å²) in [6, 6.07) is 8.34. The second kappa shape index (κ2) is 6.47. The molecule has 0 aliphatic heterocycles. The van der Waals surface area contributed by atoms with Gasteiger partial charge in [0.15, 0.2) is 5.82 Å². The molecule has 0 unspecified atom stereocenters. The fourth-order valence-electron chi connectivity index (χ4n) is 1.80. The number of aryl methyl sites for hydroxylation is 1. The highest BCUT2D eigenvalue weighted by atomic mass is 19.3. The standard InChI is InChI=1S/C15H13F4NO/c1-9-2-7-12(16)14(13(9)17)20-8-10-3-5-11(6-4-10)21-15(18)19/h2-7,15,20H,8H2,1H3. The van der Waals surface area contributed by atoms with Gasteiger partial charge in [-0.1, -0.05) is 18.2 Å². The van der Waals surface area contributed by atoms with Crippen molar-refractivity contribution in [3.05, 3.63) is 59.2 Å². The third-order valence-corrected chi connectivity index (χ3v) is 2.90. The van der Waals surface area contributed by atoms with Crippen LogP contribution in [-0.4, -0.2) is 6.61 Å². The second-order valence-corrected chi connectivity index (χ2v) is 4.43. The van der Waals surface area contributed by atoms with Gasteiger partial charge in [0.05, 0.1) is 0 Å². The summed E-state index contributed by atoms with van der Waals surface area (Å²) in [4.78, 5) is 0. The van der Waals surface area contributed by atoms with Crippen LogP contribution in [0, 0.1) is 18.6 Å². The fourth-order valence-corrected chi connectivity index (χ4v) is 1.80. The van der Waals surface area contributed by atoms with Crippen molar-refractivity contribution in [2.24, 2.45) is 0 Å². The summed E-state index contributed by atoms with van der Waals surface area (Å²) >= 11 is 0. The number of nitrogens with one attached hydrogen (secondary N) is 1. The topological polar surface area (TPSA) is 21.3 Å². The van der Waals surface area contributed by atoms with E-state index in [0.717, 1.165) is 0 Å². The molecular weight excluding hydrogens is 286 g/mol. The molecule has 0 spiro atoms. The third-order valence-electron chi connectivity index (χ3n) is 2.90. The van der Waals surface area contributed by atoms with Crippen molar-refractivity contribution in [1.29, 1.82) is 0 Å². The van der Waals surface area contributed by atoms with Gasteiger partial charge in [-0.2, -0.15) is 8.78 Å². The van der Waals surface area contributed by atoms with Crippen molar-refractivity contribution in [2.45, 2.75) is 20.1 Å². The number of ether oxygens (including phenoxy) is 1. The molecule has 0 radical (unpaired) electrons. The minimum Gasteiger partial charge on any atom is -0.435 e. The molecule has 112 valence electrons. The Balaban J connectivity index is 2.05. The maximum absolute atomic E-state index is 13.8. The van der Waals surface area contributed by atoms with E-state index < -0.39 is 18.2 Å². The molecule has 0 fully saturated rings. The number of alkyl halides is 2. The molecule has 0 aliphatic rings. The molecule has 0 atom stereocenters. The van der Waals surface area contributed by atoms with Gasteiger partial charge in [0.25, 0.3) is 0 Å². The number of benzene rings is 2. The predicted octanol–water partition coefficient (Wildman–Crippen LogP) is 4.49. The summed E-state index contributed by atoms with van der Waals surface area (Å²) in [5, 5.41) is 2.66. The molecule has 2 nitrogen and oxygen atoms in total. The number of hydrogen-bond acceptors (Lipinski definition) is 2. The van der Waals surface area contributed by atoms with E-state index >= 15 is 0 Å². The van der Waals surface area contributed by atoms with Crippen LogP contribution >= 0.6 is 0 Å². The molecule has 2 rings (SSSR count). The Hall–Kier alpha value is -2.24. The lowest BCUT2D eigenvalue weighted by Crippen LogP contribution is -2.05. The first-order valence-corrected chi connectivity index (χ1v) is 6.19. The molecule has 0 aliphatic carbocycles. The van der Waals surface area contributed by atoms with Crippen molar-refractivity contribution in [3.8, 4) is 5.75 Å². The van der Waals surface area contributed by atoms with Crippen LogP contribution in [0.2, 0.25) is 0 Å². The van der Waals surface area contributed by atoms with Crippen LogP contribution in [0.1, 0.15) is 11.1 Å². The van der Waals surface area contributed by atoms with Gasteiger partial charge in [-0.15, -0.1) is 0 Å². The van der Waals surface area contributed by atoms with E-state index in [-0.39, 0.29) is 18.0 Å². The van der Waals surface area contributed by atoms with Gasteiger partial charge in [0.2, 0.25) is 0 Å². The van der Waals surface area contributed by atoms with Gasteiger partial charge in [-0.3, -0.25) is 0 Å². The van der Waals surface area contributed by atoms with Crippen molar-refractivity contribution in [2.75, 3.05) is 5.32 Å². The van der Waals surface area contributed by atoms with E-state index in [2.05, 4.69) is 10.1 Å². The first-order chi connectivity index (χ1) is 9.97. The molecule has 6 heteroatoms. The summed E-state index contributed by atoms with van der Waals surface area (Å²) in [6.07, 6.45) is 0. The zero-order valence-corrected chi connectivity index (χ0v) is 11.2. The summed E-state index contributed by atoms with van der Waals surface area (Å²) in [7, 11) is 0. The lowest BCUT2D eigenvalue weighted by Gasteiger charge is -2.11. The molecule has 21 heavy (non-hydrogen) atoms. The van der Waals surface area contributed by atoms with Gasteiger partial charge < -0.3 is 10.1 Å². The van der Waals surface area contributed by atoms with Crippen molar-refractivity contribution >= 4 is 5.69 Å². The SMILES string of the molecule is Cc1ccc(F)c(NCc2ccc(OC(F)F)cc2)c1F. The minimum absolute atomic E-state index is 0.0293. The Bertz CT molecular complexity index is 614. The smallest absolute Gasteiger partial charge is 0.387 e. The van der Waals surface area contributed by atoms with Crippen molar-refractivity contribution < 1.29 is 22.3 Å². The Morgan fingerprint density at radius 3 is 2.33 bits per heavy atom. The largest absolute Gasteiger partial charge is 0.435 e. The predicted molar refractivity (Wildman–Crippen MR) is 71.5 cm³/mol. The van der Waals surface area contributed by atoms with E-state index in [1.165, 1.54) is 43.3 Å². The highest BCUT2D eigenvalue weighted by Crippen LogP contribution is 2.23. The molecule has 0 heterocycles. The molecule has 0 aromatic heterocycles. The number of anilines is 1. The highest BCUT2D eigenvalue weighted by Gasteiger charge is 2.11. The summed E-state index contributed by atoms with van der Waals surface area (Å²) in [5.74, 6) is -1.30. The number of halogens is 4. The maximum Gasteiger partial charge on any atom is 0.387 e. The lowest BCUT2D eigenvalue weighted by molar-refractivity contribution is -0.0498. The Morgan fingerprint density at radius 2 is 1.71 bits per heavy atom. The quantitative estimate of drug-likeness (QED) is 0.822. The summed E-state index contributed by atoms with van der Waals surface area (Å²) in [6.45, 7) is -1.19. The molecule has 0 amide bonds. The zero-order chi connectivity index (χ0) is 15.4. The first-order valence-electron chi connectivity index (χ1n) is 6.19. The molecule has 1 N–H and O–H groups in total. The van der Waals surface area contributed by atoms with Crippen LogP contribution in [-0.2, 0) is 6.54 Å². The Kier molecular flexibility index (Phi) is 4.67. The van der Waals surface area contributed by atoms with E-state index in [1.807, 2.05) is 0 Å². The van der Waals surface area contributed by atoms with Crippen LogP contribution in [0.5, 0.6) is 5.75 Å². The zero-order valence-electron chi connectivity index (χ0n) is 11.2.